The van der Waals surface area contributed by atoms with Crippen LogP contribution in [-0.4, -0.2) is 34.0 Å². The normalized spacial score (nSPS) is 11.3. The quantitative estimate of drug-likeness (QED) is 0.528. The van der Waals surface area contributed by atoms with Gasteiger partial charge in [-0.15, -0.1) is 13.2 Å². The minimum Gasteiger partial charge on any atom is -0.406 e. The molecule has 0 aliphatic rings. The number of hydrogen-bond acceptors (Lipinski definition) is 5. The molecule has 0 radical (unpaired) electrons. The standard InChI is InChI=1S/C14H12BrF3N4O4/c1-8-12(15)13(22(24)25)19-21(8)7-11(23)20(2)9-3-5-10(6-4-9)26-14(16,17)18/h3-6H,7H2,1-2H3. The number of aromatic nitrogens is 2. The smallest absolute Gasteiger partial charge is 0.406 e. The minimum atomic E-state index is -4.80. The Labute approximate surface area is 153 Å². The number of likely N-dealkylation sites (N-methyl/N-ethyl adjacent to an activating group) is 1. The number of amides is 1. The summed E-state index contributed by atoms with van der Waals surface area (Å²) < 4.78 is 41.6. The predicted octanol–water partition coefficient (Wildman–Crippen LogP) is 3.42. The first-order valence-corrected chi connectivity index (χ1v) is 7.78. The Morgan fingerprint density at radius 3 is 2.42 bits per heavy atom. The first-order chi connectivity index (χ1) is 12.0. The maximum absolute atomic E-state index is 12.3. The lowest BCUT2D eigenvalue weighted by atomic mass is 10.3. The molecule has 0 aliphatic heterocycles. The van der Waals surface area contributed by atoms with E-state index in [0.717, 1.165) is 12.1 Å². The Kier molecular flexibility index (Phi) is 5.54. The van der Waals surface area contributed by atoms with Crippen LogP contribution >= 0.6 is 15.9 Å². The van der Waals surface area contributed by atoms with Gasteiger partial charge in [-0.3, -0.25) is 4.79 Å². The van der Waals surface area contributed by atoms with Gasteiger partial charge in [-0.05, 0) is 52.0 Å². The zero-order valence-corrected chi connectivity index (χ0v) is 15.0. The first kappa shape index (κ1) is 19.7. The van der Waals surface area contributed by atoms with Crippen molar-refractivity contribution < 1.29 is 27.6 Å². The lowest BCUT2D eigenvalue weighted by molar-refractivity contribution is -0.390. The number of carbonyl (C=O) groups excluding carboxylic acids is 1. The van der Waals surface area contributed by atoms with Gasteiger partial charge in [0.15, 0.2) is 0 Å². The summed E-state index contributed by atoms with van der Waals surface area (Å²) in [5.41, 5.74) is 0.718. The molecule has 0 fully saturated rings. The van der Waals surface area contributed by atoms with E-state index in [2.05, 4.69) is 25.8 Å². The molecule has 0 saturated heterocycles. The van der Waals surface area contributed by atoms with E-state index in [0.29, 0.717) is 11.4 Å². The topological polar surface area (TPSA) is 90.5 Å². The molecule has 140 valence electrons. The van der Waals surface area contributed by atoms with E-state index in [4.69, 9.17) is 0 Å². The van der Waals surface area contributed by atoms with Crippen molar-refractivity contribution in [3.05, 3.63) is 44.5 Å². The highest BCUT2D eigenvalue weighted by atomic mass is 79.9. The van der Waals surface area contributed by atoms with Crippen molar-refractivity contribution in [3.63, 3.8) is 0 Å². The average molecular weight is 437 g/mol. The molecule has 1 heterocycles. The summed E-state index contributed by atoms with van der Waals surface area (Å²) in [5, 5.41) is 14.6. The first-order valence-electron chi connectivity index (χ1n) is 6.99. The predicted molar refractivity (Wildman–Crippen MR) is 87.9 cm³/mol. The van der Waals surface area contributed by atoms with Crippen LogP contribution in [-0.2, 0) is 11.3 Å². The Hall–Kier alpha value is -2.63. The number of rotatable bonds is 5. The Morgan fingerprint density at radius 1 is 1.38 bits per heavy atom. The number of hydrogen-bond donors (Lipinski definition) is 0. The van der Waals surface area contributed by atoms with Crippen molar-refractivity contribution in [2.24, 2.45) is 0 Å². The summed E-state index contributed by atoms with van der Waals surface area (Å²) in [6.45, 7) is 1.27. The van der Waals surface area contributed by atoms with Crippen molar-refractivity contribution in [3.8, 4) is 5.75 Å². The van der Waals surface area contributed by atoms with Crippen molar-refractivity contribution in [2.75, 3.05) is 11.9 Å². The van der Waals surface area contributed by atoms with Crippen LogP contribution in [0, 0.1) is 17.0 Å². The van der Waals surface area contributed by atoms with Crippen LogP contribution in [0.15, 0.2) is 28.7 Å². The zero-order chi connectivity index (χ0) is 19.6. The lowest BCUT2D eigenvalue weighted by Crippen LogP contribution is -2.30. The van der Waals surface area contributed by atoms with E-state index in [9.17, 15) is 28.1 Å². The Bertz CT molecular complexity index is 836. The van der Waals surface area contributed by atoms with Gasteiger partial charge in [-0.1, -0.05) is 0 Å². The fourth-order valence-electron chi connectivity index (χ4n) is 2.03. The fourth-order valence-corrected chi connectivity index (χ4v) is 2.46. The van der Waals surface area contributed by atoms with Crippen molar-refractivity contribution >= 4 is 33.3 Å². The second-order valence-electron chi connectivity index (χ2n) is 5.13. The van der Waals surface area contributed by atoms with Gasteiger partial charge in [-0.2, -0.15) is 4.68 Å². The lowest BCUT2D eigenvalue weighted by Gasteiger charge is -2.17. The molecule has 0 atom stereocenters. The van der Waals surface area contributed by atoms with E-state index in [1.807, 2.05) is 0 Å². The van der Waals surface area contributed by atoms with Crippen LogP contribution in [0.4, 0.5) is 24.7 Å². The number of anilines is 1. The van der Waals surface area contributed by atoms with Gasteiger partial charge in [0, 0.05) is 12.7 Å². The molecule has 1 amide bonds. The average Bonchev–Trinajstić information content (AvgIpc) is 2.82. The summed E-state index contributed by atoms with van der Waals surface area (Å²) in [4.78, 5) is 23.7. The van der Waals surface area contributed by atoms with Gasteiger partial charge in [0.2, 0.25) is 0 Å². The fraction of sp³-hybridized carbons (Fsp3) is 0.286. The van der Waals surface area contributed by atoms with E-state index in [-0.39, 0.29) is 11.0 Å². The number of benzene rings is 1. The van der Waals surface area contributed by atoms with Crippen molar-refractivity contribution in [1.82, 2.24) is 9.78 Å². The van der Waals surface area contributed by atoms with Crippen LogP contribution in [0.25, 0.3) is 0 Å². The van der Waals surface area contributed by atoms with Crippen LogP contribution in [0.1, 0.15) is 5.69 Å². The maximum Gasteiger partial charge on any atom is 0.573 e. The highest BCUT2D eigenvalue weighted by Gasteiger charge is 2.31. The molecule has 26 heavy (non-hydrogen) atoms. The molecule has 8 nitrogen and oxygen atoms in total. The number of nitrogens with zero attached hydrogens (tertiary/aromatic N) is 4. The van der Waals surface area contributed by atoms with Crippen molar-refractivity contribution in [1.29, 1.82) is 0 Å². The second kappa shape index (κ2) is 7.32. The summed E-state index contributed by atoms with van der Waals surface area (Å²) in [5.74, 6) is -1.29. The van der Waals surface area contributed by atoms with E-state index >= 15 is 0 Å². The molecule has 12 heteroatoms. The third-order valence-electron chi connectivity index (χ3n) is 3.41. The number of carbonyl (C=O) groups is 1. The highest BCUT2D eigenvalue weighted by Crippen LogP contribution is 2.28. The number of ether oxygens (including phenoxy) is 1. The molecule has 0 unspecified atom stereocenters. The maximum atomic E-state index is 12.3. The number of halogens is 4. The third kappa shape index (κ3) is 4.50. The van der Waals surface area contributed by atoms with Gasteiger partial charge < -0.3 is 19.8 Å². The SMILES string of the molecule is Cc1c(Br)c([N+](=O)[O-])nn1CC(=O)N(C)c1ccc(OC(F)(F)F)cc1. The van der Waals surface area contributed by atoms with E-state index < -0.39 is 28.8 Å². The van der Waals surface area contributed by atoms with E-state index in [1.54, 1.807) is 6.92 Å². The number of nitro groups is 1. The largest absolute Gasteiger partial charge is 0.573 e. The summed E-state index contributed by atoms with van der Waals surface area (Å²) >= 11 is 3.05. The van der Waals surface area contributed by atoms with Gasteiger partial charge in [0.05, 0.1) is 10.8 Å². The third-order valence-corrected chi connectivity index (χ3v) is 4.33. The molecule has 0 bridgehead atoms. The summed E-state index contributed by atoms with van der Waals surface area (Å²) in [6.07, 6.45) is -4.80. The molecule has 0 aliphatic carbocycles. The van der Waals surface area contributed by atoms with Crippen LogP contribution in [0.2, 0.25) is 0 Å². The van der Waals surface area contributed by atoms with Gasteiger partial charge in [0.1, 0.15) is 16.8 Å². The summed E-state index contributed by atoms with van der Waals surface area (Å²) in [6, 6.07) is 4.72. The molecule has 0 saturated carbocycles. The van der Waals surface area contributed by atoms with Crippen LogP contribution in [0.3, 0.4) is 0 Å². The second-order valence-corrected chi connectivity index (χ2v) is 5.93. The minimum absolute atomic E-state index is 0.173. The molecule has 0 N–H and O–H groups in total. The zero-order valence-electron chi connectivity index (χ0n) is 13.5. The molecular formula is C14H12BrF3N4O4. The molecule has 2 aromatic rings. The van der Waals surface area contributed by atoms with Gasteiger partial charge in [0.25, 0.3) is 5.91 Å². The molecule has 1 aromatic heterocycles. The molecular weight excluding hydrogens is 425 g/mol. The Morgan fingerprint density at radius 2 is 1.96 bits per heavy atom. The molecule has 1 aromatic carbocycles. The monoisotopic (exact) mass is 436 g/mol. The number of alkyl halides is 3. The van der Waals surface area contributed by atoms with Gasteiger partial charge >= 0.3 is 12.2 Å². The van der Waals surface area contributed by atoms with E-state index in [1.165, 1.54) is 28.8 Å². The van der Waals surface area contributed by atoms with Crippen LogP contribution < -0.4 is 9.64 Å². The molecule has 0 spiro atoms. The highest BCUT2D eigenvalue weighted by molar-refractivity contribution is 9.10. The van der Waals surface area contributed by atoms with Crippen LogP contribution in [0.5, 0.6) is 5.75 Å². The summed E-state index contributed by atoms with van der Waals surface area (Å²) in [7, 11) is 1.42. The van der Waals surface area contributed by atoms with Gasteiger partial charge in [-0.25, -0.2) is 0 Å². The Balaban J connectivity index is 2.13. The van der Waals surface area contributed by atoms with Crippen molar-refractivity contribution in [2.45, 2.75) is 19.8 Å². The molecule has 2 rings (SSSR count).